The molecule has 0 radical (unpaired) electrons. The molecule has 2 heterocycles. The minimum absolute atomic E-state index is 0.0826. The lowest BCUT2D eigenvalue weighted by Gasteiger charge is -2.24. The monoisotopic (exact) mass is 653 g/mol. The zero-order valence-corrected chi connectivity index (χ0v) is 27.7. The highest BCUT2D eigenvalue weighted by atomic mass is 16.3. The van der Waals surface area contributed by atoms with Gasteiger partial charge in [0.25, 0.3) is 0 Å². The first-order valence-electron chi connectivity index (χ1n) is 17.4. The third kappa shape index (κ3) is 5.12. The summed E-state index contributed by atoms with van der Waals surface area (Å²) in [6.07, 6.45) is 0.714. The van der Waals surface area contributed by atoms with Crippen LogP contribution in [0.4, 0.5) is 0 Å². The summed E-state index contributed by atoms with van der Waals surface area (Å²) in [5.74, 6) is 2.95. The van der Waals surface area contributed by atoms with E-state index in [1.54, 1.807) is 0 Å². The molecule has 0 amide bonds. The molecule has 9 aromatic rings. The Morgan fingerprint density at radius 3 is 1.86 bits per heavy atom. The first-order chi connectivity index (χ1) is 25.3. The number of nitrogens with zero attached hydrogens (tertiary/aromatic N) is 3. The number of furan rings is 1. The third-order valence-corrected chi connectivity index (χ3v) is 10.1. The maximum Gasteiger partial charge on any atom is 0.163 e. The lowest BCUT2D eigenvalue weighted by atomic mass is 9.80. The van der Waals surface area contributed by atoms with Gasteiger partial charge in [-0.1, -0.05) is 152 Å². The van der Waals surface area contributed by atoms with Gasteiger partial charge >= 0.3 is 0 Å². The van der Waals surface area contributed by atoms with Crippen LogP contribution in [0, 0.1) is 0 Å². The minimum atomic E-state index is -0.0826. The summed E-state index contributed by atoms with van der Waals surface area (Å²) < 4.78 is 6.67. The fourth-order valence-electron chi connectivity index (χ4n) is 7.62. The van der Waals surface area contributed by atoms with E-state index in [2.05, 4.69) is 133 Å². The van der Waals surface area contributed by atoms with Gasteiger partial charge in [0.2, 0.25) is 0 Å². The molecule has 0 bridgehead atoms. The van der Waals surface area contributed by atoms with Crippen LogP contribution in [0.3, 0.4) is 0 Å². The summed E-state index contributed by atoms with van der Waals surface area (Å²) in [5, 5.41) is 3.62. The maximum atomic E-state index is 6.67. The van der Waals surface area contributed by atoms with Gasteiger partial charge in [-0.3, -0.25) is 0 Å². The van der Waals surface area contributed by atoms with Crippen LogP contribution in [0.2, 0.25) is 0 Å². The molecule has 0 saturated carbocycles. The Morgan fingerprint density at radius 1 is 0.451 bits per heavy atom. The van der Waals surface area contributed by atoms with Gasteiger partial charge in [-0.05, 0) is 63.2 Å². The molecule has 2 aromatic heterocycles. The normalized spacial score (nSPS) is 13.6. The van der Waals surface area contributed by atoms with E-state index < -0.39 is 0 Å². The predicted octanol–water partition coefficient (Wildman–Crippen LogP) is 11.8. The van der Waals surface area contributed by atoms with Gasteiger partial charge in [0, 0.05) is 33.6 Å². The van der Waals surface area contributed by atoms with Crippen molar-refractivity contribution in [2.24, 2.45) is 0 Å². The van der Waals surface area contributed by atoms with Crippen molar-refractivity contribution in [3.63, 3.8) is 0 Å². The molecule has 0 saturated heterocycles. The van der Waals surface area contributed by atoms with Crippen LogP contribution in [0.1, 0.15) is 22.9 Å². The summed E-state index contributed by atoms with van der Waals surface area (Å²) in [6, 6.07) is 59.4. The molecule has 1 unspecified atom stereocenters. The van der Waals surface area contributed by atoms with Gasteiger partial charge in [0.15, 0.2) is 11.6 Å². The highest BCUT2D eigenvalue weighted by Crippen LogP contribution is 2.47. The van der Waals surface area contributed by atoms with Crippen LogP contribution in [-0.2, 0) is 6.42 Å². The van der Waals surface area contributed by atoms with E-state index in [0.717, 1.165) is 50.4 Å². The van der Waals surface area contributed by atoms with Crippen LogP contribution in [0.15, 0.2) is 174 Å². The molecule has 1 aliphatic rings. The Balaban J connectivity index is 1.10. The first-order valence-corrected chi connectivity index (χ1v) is 17.4. The Labute approximate surface area is 295 Å². The molecule has 4 nitrogen and oxygen atoms in total. The lowest BCUT2D eigenvalue weighted by Crippen LogP contribution is -2.16. The predicted molar refractivity (Wildman–Crippen MR) is 206 cm³/mol. The van der Waals surface area contributed by atoms with E-state index in [-0.39, 0.29) is 5.92 Å². The Hall–Kier alpha value is -6.65. The van der Waals surface area contributed by atoms with E-state index in [0.29, 0.717) is 18.1 Å². The van der Waals surface area contributed by atoms with Gasteiger partial charge in [0.05, 0.1) is 0 Å². The largest absolute Gasteiger partial charge is 0.456 e. The second-order valence-corrected chi connectivity index (χ2v) is 13.1. The smallest absolute Gasteiger partial charge is 0.163 e. The molecule has 0 spiro atoms. The summed E-state index contributed by atoms with van der Waals surface area (Å²) in [6.45, 7) is 0. The molecule has 0 N–H and O–H groups in total. The van der Waals surface area contributed by atoms with Crippen LogP contribution in [0.25, 0.3) is 78.1 Å². The van der Waals surface area contributed by atoms with Crippen molar-refractivity contribution in [3.8, 4) is 56.4 Å². The number of hydrogen-bond donors (Lipinski definition) is 0. The van der Waals surface area contributed by atoms with E-state index >= 15 is 0 Å². The molecular weight excluding hydrogens is 623 g/mol. The summed E-state index contributed by atoms with van der Waals surface area (Å²) in [4.78, 5) is 15.3. The van der Waals surface area contributed by atoms with Crippen LogP contribution in [-0.4, -0.2) is 15.0 Å². The van der Waals surface area contributed by atoms with E-state index in [4.69, 9.17) is 19.4 Å². The van der Waals surface area contributed by atoms with Crippen molar-refractivity contribution < 1.29 is 4.42 Å². The highest BCUT2D eigenvalue weighted by molar-refractivity contribution is 5.98. The van der Waals surface area contributed by atoms with Crippen molar-refractivity contribution >= 4 is 21.7 Å². The van der Waals surface area contributed by atoms with Crippen molar-refractivity contribution in [2.75, 3.05) is 0 Å². The fraction of sp³-hybridized carbons (Fsp3) is 0.0426. The average Bonchev–Trinajstić information content (AvgIpc) is 3.59. The summed E-state index contributed by atoms with van der Waals surface area (Å²) in [5.41, 5.74) is 11.0. The van der Waals surface area contributed by atoms with Gasteiger partial charge < -0.3 is 4.42 Å². The standard InChI is InChI=1S/C47H31N3O/c1-3-14-31(15-4-1)45-48-46(32-16-5-2-6-17-32)50-47(49-45)42-29-41-40-28-34(25-26-43(40)51-44(41)39-23-10-9-22-38(39)42)33-19-11-20-35(27-33)37-24-12-18-30-13-7-8-21-36(30)37/h1-28,42H,29H2. The summed E-state index contributed by atoms with van der Waals surface area (Å²) in [7, 11) is 0. The van der Waals surface area contributed by atoms with E-state index in [1.807, 2.05) is 36.4 Å². The maximum absolute atomic E-state index is 6.67. The fourth-order valence-corrected chi connectivity index (χ4v) is 7.62. The first kappa shape index (κ1) is 29.3. The molecule has 240 valence electrons. The van der Waals surface area contributed by atoms with Gasteiger partial charge in [-0.25, -0.2) is 15.0 Å². The number of benzene rings is 7. The SMILES string of the molecule is c1ccc(-c2nc(-c3ccccc3)nc(C3Cc4c(oc5ccc(-c6cccc(-c7cccc8ccccc78)c6)cc45)-c4ccccc43)n2)cc1. The molecule has 4 heteroatoms. The molecule has 1 atom stereocenters. The summed E-state index contributed by atoms with van der Waals surface area (Å²) >= 11 is 0. The third-order valence-electron chi connectivity index (χ3n) is 10.1. The lowest BCUT2D eigenvalue weighted by molar-refractivity contribution is 0.611. The topological polar surface area (TPSA) is 51.8 Å². The molecular formula is C47H31N3O. The Morgan fingerprint density at radius 2 is 1.06 bits per heavy atom. The molecule has 51 heavy (non-hydrogen) atoms. The molecule has 10 rings (SSSR count). The van der Waals surface area contributed by atoms with Crippen molar-refractivity contribution in [3.05, 3.63) is 187 Å². The van der Waals surface area contributed by atoms with Gasteiger partial charge in [-0.15, -0.1) is 0 Å². The van der Waals surface area contributed by atoms with Gasteiger partial charge in [-0.2, -0.15) is 0 Å². The van der Waals surface area contributed by atoms with E-state index in [9.17, 15) is 0 Å². The number of fused-ring (bicyclic) bond motifs is 6. The zero-order chi connectivity index (χ0) is 33.7. The van der Waals surface area contributed by atoms with Crippen molar-refractivity contribution in [1.29, 1.82) is 0 Å². The van der Waals surface area contributed by atoms with Crippen LogP contribution >= 0.6 is 0 Å². The quantitative estimate of drug-likeness (QED) is 0.185. The van der Waals surface area contributed by atoms with E-state index in [1.165, 1.54) is 33.0 Å². The second-order valence-electron chi connectivity index (χ2n) is 13.1. The zero-order valence-electron chi connectivity index (χ0n) is 27.7. The molecule has 0 aliphatic heterocycles. The van der Waals surface area contributed by atoms with Crippen molar-refractivity contribution in [1.82, 2.24) is 15.0 Å². The Kier molecular flexibility index (Phi) is 6.91. The molecule has 0 fully saturated rings. The Bertz CT molecular complexity index is 2670. The molecule has 7 aromatic carbocycles. The van der Waals surface area contributed by atoms with Crippen molar-refractivity contribution in [2.45, 2.75) is 12.3 Å². The number of rotatable bonds is 5. The van der Waals surface area contributed by atoms with Crippen LogP contribution in [0.5, 0.6) is 0 Å². The highest BCUT2D eigenvalue weighted by Gasteiger charge is 2.33. The number of hydrogen-bond acceptors (Lipinski definition) is 4. The van der Waals surface area contributed by atoms with Gasteiger partial charge in [0.1, 0.15) is 17.2 Å². The minimum Gasteiger partial charge on any atom is -0.456 e. The average molecular weight is 654 g/mol. The second kappa shape index (κ2) is 12.0. The van der Waals surface area contributed by atoms with Crippen LogP contribution < -0.4 is 0 Å². The molecule has 1 aliphatic carbocycles. The number of aromatic nitrogens is 3.